The van der Waals surface area contributed by atoms with Crippen LogP contribution in [0.4, 0.5) is 10.2 Å². The van der Waals surface area contributed by atoms with Crippen molar-refractivity contribution in [3.63, 3.8) is 0 Å². The fourth-order valence-electron chi connectivity index (χ4n) is 4.13. The number of aromatic nitrogens is 3. The highest BCUT2D eigenvalue weighted by Gasteiger charge is 2.37. The van der Waals surface area contributed by atoms with Crippen molar-refractivity contribution in [2.45, 2.75) is 12.5 Å². The predicted molar refractivity (Wildman–Crippen MR) is 135 cm³/mol. The van der Waals surface area contributed by atoms with Crippen molar-refractivity contribution < 1.29 is 22.3 Å². The van der Waals surface area contributed by atoms with Gasteiger partial charge in [-0.15, -0.1) is 11.3 Å². The largest absolute Gasteiger partial charge is 0.481 e. The lowest BCUT2D eigenvalue weighted by molar-refractivity contribution is -0.135. The van der Waals surface area contributed by atoms with Crippen LogP contribution in [0, 0.1) is 5.82 Å². The van der Waals surface area contributed by atoms with Crippen molar-refractivity contribution in [3.8, 4) is 5.75 Å². The van der Waals surface area contributed by atoms with Crippen LogP contribution in [0.15, 0.2) is 41.9 Å². The van der Waals surface area contributed by atoms with Crippen LogP contribution in [0.2, 0.25) is 10.2 Å². The van der Waals surface area contributed by atoms with E-state index in [0.29, 0.717) is 18.7 Å². The number of nitrogens with zero attached hydrogens (tertiary/aromatic N) is 4. The first-order valence-electron chi connectivity index (χ1n) is 10.6. The number of pyridine rings is 1. The van der Waals surface area contributed by atoms with Crippen molar-refractivity contribution >= 4 is 61.2 Å². The van der Waals surface area contributed by atoms with Crippen LogP contribution < -0.4 is 9.46 Å². The Hall–Kier alpha value is -2.93. The Morgan fingerprint density at radius 2 is 2.08 bits per heavy atom. The third kappa shape index (κ3) is 4.85. The standard InChI is InChI=1S/C22H18Cl2FN5O4S2/c1-36(32,33)28-17-5-4-16(21(24)27-17)34-11-18(31)29-7-6-15-20(30-8-9-35-22(30)26-15)19(29)13-3-2-12(23)10-14(13)25/h2-5,8-10,19H,6-7,11H2,1H3,(H,27,28). The molecule has 4 aromatic rings. The molecule has 9 nitrogen and oxygen atoms in total. The molecule has 3 aromatic heterocycles. The molecule has 0 fully saturated rings. The fourth-order valence-corrected chi connectivity index (χ4v) is 5.73. The first-order chi connectivity index (χ1) is 17.1. The minimum absolute atomic E-state index is 0.0172. The molecule has 14 heteroatoms. The number of halogens is 3. The average molecular weight is 570 g/mol. The van der Waals surface area contributed by atoms with E-state index in [1.165, 1.54) is 29.5 Å². The molecule has 188 valence electrons. The molecule has 0 saturated carbocycles. The van der Waals surface area contributed by atoms with Crippen LogP contribution >= 0.6 is 34.5 Å². The zero-order chi connectivity index (χ0) is 25.6. The Kier molecular flexibility index (Phi) is 6.54. The summed E-state index contributed by atoms with van der Waals surface area (Å²) in [6.07, 6.45) is 3.32. The van der Waals surface area contributed by atoms with Crippen LogP contribution in [-0.2, 0) is 21.2 Å². The van der Waals surface area contributed by atoms with Gasteiger partial charge in [-0.25, -0.2) is 22.8 Å². The molecule has 0 bridgehead atoms. The van der Waals surface area contributed by atoms with Gasteiger partial charge in [0.2, 0.25) is 10.0 Å². The predicted octanol–water partition coefficient (Wildman–Crippen LogP) is 4.16. The van der Waals surface area contributed by atoms with Gasteiger partial charge in [-0.05, 0) is 24.3 Å². The first kappa shape index (κ1) is 24.8. The van der Waals surface area contributed by atoms with Gasteiger partial charge in [-0.2, -0.15) is 0 Å². The quantitative estimate of drug-likeness (QED) is 0.349. The van der Waals surface area contributed by atoms with Crippen LogP contribution in [0.25, 0.3) is 4.96 Å². The Balaban J connectivity index is 1.43. The van der Waals surface area contributed by atoms with Gasteiger partial charge < -0.3 is 9.64 Å². The number of thiazole rings is 1. The fraction of sp³-hybridized carbons (Fsp3) is 0.227. The lowest BCUT2D eigenvalue weighted by atomic mass is 9.95. The molecule has 1 aliphatic rings. The van der Waals surface area contributed by atoms with Crippen molar-refractivity contribution in [2.24, 2.45) is 0 Å². The summed E-state index contributed by atoms with van der Waals surface area (Å²) < 4.78 is 47.6. The lowest BCUT2D eigenvalue weighted by Crippen LogP contribution is -2.43. The Morgan fingerprint density at radius 3 is 2.81 bits per heavy atom. The molecule has 0 aliphatic carbocycles. The van der Waals surface area contributed by atoms with Crippen LogP contribution in [0.5, 0.6) is 5.75 Å². The Morgan fingerprint density at radius 1 is 1.28 bits per heavy atom. The summed E-state index contributed by atoms with van der Waals surface area (Å²) in [5.74, 6) is -0.825. The summed E-state index contributed by atoms with van der Waals surface area (Å²) in [6.45, 7) is -0.0944. The number of fused-ring (bicyclic) bond motifs is 3. The van der Waals surface area contributed by atoms with E-state index >= 15 is 4.39 Å². The monoisotopic (exact) mass is 569 g/mol. The van der Waals surface area contributed by atoms with E-state index in [1.807, 2.05) is 16.0 Å². The number of benzene rings is 1. The third-order valence-corrected chi connectivity index (χ3v) is 7.41. The van der Waals surface area contributed by atoms with Crippen LogP contribution in [-0.4, -0.2) is 53.0 Å². The van der Waals surface area contributed by atoms with Crippen molar-refractivity contribution in [1.82, 2.24) is 19.3 Å². The molecule has 0 saturated heterocycles. The maximum atomic E-state index is 15.1. The van der Waals surface area contributed by atoms with Gasteiger partial charge in [0.1, 0.15) is 17.7 Å². The Bertz CT molecular complexity index is 1590. The third-order valence-electron chi connectivity index (χ3n) is 5.57. The summed E-state index contributed by atoms with van der Waals surface area (Å²) in [5, 5.41) is 2.01. The van der Waals surface area contributed by atoms with Gasteiger partial charge in [0.25, 0.3) is 5.91 Å². The second-order valence-corrected chi connectivity index (χ2v) is 11.5. The van der Waals surface area contributed by atoms with E-state index in [0.717, 1.165) is 16.9 Å². The highest BCUT2D eigenvalue weighted by molar-refractivity contribution is 7.92. The molecule has 1 unspecified atom stereocenters. The van der Waals surface area contributed by atoms with Crippen molar-refractivity contribution in [1.29, 1.82) is 0 Å². The number of rotatable bonds is 6. The number of ether oxygens (including phenoxy) is 1. The summed E-state index contributed by atoms with van der Waals surface area (Å²) in [4.78, 5) is 24.3. The van der Waals surface area contributed by atoms with E-state index in [9.17, 15) is 13.2 Å². The van der Waals surface area contributed by atoms with Gasteiger partial charge in [-0.3, -0.25) is 13.9 Å². The van der Waals surface area contributed by atoms with Crippen molar-refractivity contribution in [3.05, 3.63) is 74.9 Å². The molecule has 1 amide bonds. The van der Waals surface area contributed by atoms with Gasteiger partial charge in [0.15, 0.2) is 22.5 Å². The van der Waals surface area contributed by atoms with Gasteiger partial charge in [0, 0.05) is 35.1 Å². The summed E-state index contributed by atoms with van der Waals surface area (Å²) in [6, 6.07) is 6.39. The second-order valence-electron chi connectivity index (χ2n) is 8.05. The smallest absolute Gasteiger partial charge is 0.261 e. The normalized spacial score (nSPS) is 15.7. The molecule has 36 heavy (non-hydrogen) atoms. The number of carbonyl (C=O) groups is 1. The number of imidazole rings is 1. The minimum Gasteiger partial charge on any atom is -0.481 e. The zero-order valence-electron chi connectivity index (χ0n) is 18.6. The molecule has 1 aliphatic heterocycles. The second kappa shape index (κ2) is 9.51. The molecule has 1 atom stereocenters. The highest BCUT2D eigenvalue weighted by atomic mass is 35.5. The molecular formula is C22H18Cl2FN5O4S2. The van der Waals surface area contributed by atoms with Crippen LogP contribution in [0.3, 0.4) is 0 Å². The van der Waals surface area contributed by atoms with Gasteiger partial charge in [-0.1, -0.05) is 29.3 Å². The number of amides is 1. The molecule has 0 spiro atoms. The lowest BCUT2D eigenvalue weighted by Gasteiger charge is -2.36. The van der Waals surface area contributed by atoms with E-state index < -0.39 is 34.4 Å². The van der Waals surface area contributed by atoms with Gasteiger partial charge >= 0.3 is 0 Å². The van der Waals surface area contributed by atoms with Gasteiger partial charge in [0.05, 0.1) is 17.6 Å². The Labute approximate surface area is 219 Å². The van der Waals surface area contributed by atoms with Crippen molar-refractivity contribution in [2.75, 3.05) is 24.1 Å². The molecule has 5 rings (SSSR count). The number of anilines is 1. The van der Waals surface area contributed by atoms with E-state index in [4.69, 9.17) is 27.9 Å². The van der Waals surface area contributed by atoms with E-state index in [2.05, 4.69) is 14.7 Å². The number of hydrogen-bond donors (Lipinski definition) is 1. The minimum atomic E-state index is -3.53. The number of nitrogens with one attached hydrogen (secondary N) is 1. The number of sulfonamides is 1. The summed E-state index contributed by atoms with van der Waals surface area (Å²) in [5.41, 5.74) is 1.80. The zero-order valence-corrected chi connectivity index (χ0v) is 21.8. The average Bonchev–Trinajstić information content (AvgIpc) is 3.38. The number of carbonyl (C=O) groups excluding carboxylic acids is 1. The number of hydrogen-bond acceptors (Lipinski definition) is 7. The summed E-state index contributed by atoms with van der Waals surface area (Å²) >= 11 is 13.6. The van der Waals surface area contributed by atoms with Crippen LogP contribution in [0.1, 0.15) is 23.0 Å². The molecular weight excluding hydrogens is 552 g/mol. The van der Waals surface area contributed by atoms with E-state index in [1.54, 1.807) is 17.0 Å². The maximum Gasteiger partial charge on any atom is 0.261 e. The van der Waals surface area contributed by atoms with E-state index in [-0.39, 0.29) is 27.3 Å². The maximum absolute atomic E-state index is 15.1. The molecule has 4 heterocycles. The molecule has 0 radical (unpaired) electrons. The highest BCUT2D eigenvalue weighted by Crippen LogP contribution is 2.38. The first-order valence-corrected chi connectivity index (χ1v) is 14.1. The molecule has 1 aromatic carbocycles. The summed E-state index contributed by atoms with van der Waals surface area (Å²) in [7, 11) is -3.53. The topological polar surface area (TPSA) is 106 Å². The SMILES string of the molecule is CS(=O)(=O)Nc1ccc(OCC(=O)N2CCc3nc4sccn4c3C2c2ccc(Cl)cc2F)c(Cl)n1. The molecule has 1 N–H and O–H groups in total.